The third-order valence-electron chi connectivity index (χ3n) is 4.05. The van der Waals surface area contributed by atoms with Crippen molar-refractivity contribution < 1.29 is 15.1 Å². The molecule has 0 saturated heterocycles. The number of amides is 1. The molecule has 0 heterocycles. The molecule has 0 atom stereocenters. The van der Waals surface area contributed by atoms with Crippen LogP contribution in [0.2, 0.25) is 5.02 Å². The van der Waals surface area contributed by atoms with E-state index in [-0.39, 0.29) is 12.5 Å². The summed E-state index contributed by atoms with van der Waals surface area (Å²) in [5.74, 6) is -0.337. The SMILES string of the molecule is O=C(NCC1(O)CCCCCC1)c1cc(/C=N\O)ccc1Cl. The molecule has 0 aliphatic heterocycles. The summed E-state index contributed by atoms with van der Waals surface area (Å²) in [6.07, 6.45) is 6.86. The lowest BCUT2D eigenvalue weighted by molar-refractivity contribution is 0.0246. The van der Waals surface area contributed by atoms with E-state index in [0.717, 1.165) is 25.7 Å². The van der Waals surface area contributed by atoms with E-state index in [9.17, 15) is 9.90 Å². The zero-order valence-electron chi connectivity index (χ0n) is 12.4. The number of nitrogens with one attached hydrogen (secondary N) is 1. The fraction of sp³-hybridized carbons (Fsp3) is 0.500. The van der Waals surface area contributed by atoms with Crippen LogP contribution in [0, 0.1) is 0 Å². The molecule has 22 heavy (non-hydrogen) atoms. The molecule has 1 aliphatic carbocycles. The Morgan fingerprint density at radius 2 is 2.00 bits per heavy atom. The number of halogens is 1. The number of benzene rings is 1. The van der Waals surface area contributed by atoms with Gasteiger partial charge in [-0.25, -0.2) is 0 Å². The van der Waals surface area contributed by atoms with E-state index < -0.39 is 5.60 Å². The van der Waals surface area contributed by atoms with Crippen molar-refractivity contribution in [3.05, 3.63) is 34.3 Å². The summed E-state index contributed by atoms with van der Waals surface area (Å²) >= 11 is 6.04. The maximum Gasteiger partial charge on any atom is 0.252 e. The molecular weight excluding hydrogens is 304 g/mol. The van der Waals surface area contributed by atoms with E-state index in [1.807, 2.05) is 0 Å². The Bertz CT molecular complexity index is 552. The maximum absolute atomic E-state index is 12.3. The van der Waals surface area contributed by atoms with Crippen molar-refractivity contribution in [1.82, 2.24) is 5.32 Å². The number of nitrogens with zero attached hydrogens (tertiary/aromatic N) is 1. The molecule has 1 amide bonds. The number of oxime groups is 1. The van der Waals surface area contributed by atoms with Crippen LogP contribution >= 0.6 is 11.6 Å². The van der Waals surface area contributed by atoms with Crippen LogP contribution in [-0.2, 0) is 0 Å². The van der Waals surface area contributed by atoms with Crippen molar-refractivity contribution in [1.29, 1.82) is 0 Å². The van der Waals surface area contributed by atoms with Crippen molar-refractivity contribution >= 4 is 23.7 Å². The predicted octanol–water partition coefficient (Wildman–Crippen LogP) is 2.96. The summed E-state index contributed by atoms with van der Waals surface area (Å²) in [5.41, 5.74) is 0.0459. The van der Waals surface area contributed by atoms with Gasteiger partial charge in [-0.15, -0.1) is 0 Å². The first-order chi connectivity index (χ1) is 10.5. The van der Waals surface area contributed by atoms with Crippen molar-refractivity contribution in [3.63, 3.8) is 0 Å². The first-order valence-electron chi connectivity index (χ1n) is 7.52. The molecule has 1 aromatic rings. The second-order valence-electron chi connectivity index (χ2n) is 5.81. The average molecular weight is 325 g/mol. The lowest BCUT2D eigenvalue weighted by atomic mass is 9.94. The van der Waals surface area contributed by atoms with Crippen molar-refractivity contribution in [2.45, 2.75) is 44.1 Å². The highest BCUT2D eigenvalue weighted by atomic mass is 35.5. The topological polar surface area (TPSA) is 81.9 Å². The van der Waals surface area contributed by atoms with Gasteiger partial charge in [0, 0.05) is 6.54 Å². The molecule has 120 valence electrons. The van der Waals surface area contributed by atoms with Gasteiger partial charge in [-0.2, -0.15) is 0 Å². The van der Waals surface area contributed by atoms with Gasteiger partial charge in [-0.05, 0) is 30.5 Å². The fourth-order valence-corrected chi connectivity index (χ4v) is 2.97. The van der Waals surface area contributed by atoms with E-state index >= 15 is 0 Å². The van der Waals surface area contributed by atoms with Crippen LogP contribution in [-0.4, -0.2) is 34.6 Å². The third-order valence-corrected chi connectivity index (χ3v) is 4.38. The lowest BCUT2D eigenvalue weighted by Crippen LogP contribution is -2.42. The molecule has 5 nitrogen and oxygen atoms in total. The highest BCUT2D eigenvalue weighted by molar-refractivity contribution is 6.34. The number of carbonyl (C=O) groups is 1. The second-order valence-corrected chi connectivity index (χ2v) is 6.21. The first-order valence-corrected chi connectivity index (χ1v) is 7.89. The largest absolute Gasteiger partial charge is 0.411 e. The van der Waals surface area contributed by atoms with E-state index in [1.54, 1.807) is 18.2 Å². The van der Waals surface area contributed by atoms with Crippen LogP contribution < -0.4 is 5.32 Å². The fourth-order valence-electron chi connectivity index (χ4n) is 2.77. The molecule has 0 bridgehead atoms. The van der Waals surface area contributed by atoms with Crippen molar-refractivity contribution in [2.75, 3.05) is 6.54 Å². The molecular formula is C16H21ClN2O3. The molecule has 0 unspecified atom stereocenters. The maximum atomic E-state index is 12.3. The summed E-state index contributed by atoms with van der Waals surface area (Å²) in [6, 6.07) is 4.78. The molecule has 1 aliphatic rings. The number of aliphatic hydroxyl groups is 1. The van der Waals surface area contributed by atoms with Crippen LogP contribution in [0.1, 0.15) is 54.4 Å². The number of carbonyl (C=O) groups excluding carboxylic acids is 1. The van der Waals surface area contributed by atoms with Gasteiger partial charge in [0.2, 0.25) is 0 Å². The Morgan fingerprint density at radius 3 is 2.64 bits per heavy atom. The average Bonchev–Trinajstić information content (AvgIpc) is 2.72. The molecule has 6 heteroatoms. The Hall–Kier alpha value is -1.59. The van der Waals surface area contributed by atoms with Gasteiger partial charge in [0.25, 0.3) is 5.91 Å². The van der Waals surface area contributed by atoms with Crippen LogP contribution in [0.4, 0.5) is 0 Å². The quantitative estimate of drug-likeness (QED) is 0.345. The Morgan fingerprint density at radius 1 is 1.32 bits per heavy atom. The minimum absolute atomic E-state index is 0.223. The summed E-state index contributed by atoms with van der Waals surface area (Å²) in [4.78, 5) is 12.3. The lowest BCUT2D eigenvalue weighted by Gasteiger charge is -2.26. The van der Waals surface area contributed by atoms with Gasteiger partial charge in [-0.1, -0.05) is 48.5 Å². The van der Waals surface area contributed by atoms with E-state index in [1.165, 1.54) is 6.21 Å². The Kier molecular flexibility index (Phi) is 5.80. The molecule has 0 aromatic heterocycles. The smallest absolute Gasteiger partial charge is 0.252 e. The monoisotopic (exact) mass is 324 g/mol. The van der Waals surface area contributed by atoms with Crippen LogP contribution in [0.25, 0.3) is 0 Å². The van der Waals surface area contributed by atoms with Gasteiger partial charge in [0.1, 0.15) is 0 Å². The van der Waals surface area contributed by atoms with E-state index in [4.69, 9.17) is 16.8 Å². The summed E-state index contributed by atoms with van der Waals surface area (Å²) in [6.45, 7) is 0.223. The van der Waals surface area contributed by atoms with Crippen LogP contribution in [0.3, 0.4) is 0 Å². The zero-order valence-corrected chi connectivity index (χ0v) is 13.1. The second kappa shape index (κ2) is 7.61. The molecule has 1 fully saturated rings. The third kappa shape index (κ3) is 4.45. The van der Waals surface area contributed by atoms with Gasteiger partial charge in [0.05, 0.1) is 22.4 Å². The Balaban J connectivity index is 2.04. The predicted molar refractivity (Wildman–Crippen MR) is 85.8 cm³/mol. The zero-order chi connectivity index (χ0) is 16.0. The number of rotatable bonds is 4. The summed E-state index contributed by atoms with van der Waals surface area (Å²) in [7, 11) is 0. The van der Waals surface area contributed by atoms with Crippen molar-refractivity contribution in [2.24, 2.45) is 5.16 Å². The number of hydrogen-bond donors (Lipinski definition) is 3. The van der Waals surface area contributed by atoms with E-state index in [0.29, 0.717) is 29.0 Å². The highest BCUT2D eigenvalue weighted by Gasteiger charge is 2.28. The highest BCUT2D eigenvalue weighted by Crippen LogP contribution is 2.26. The van der Waals surface area contributed by atoms with Crippen LogP contribution in [0.5, 0.6) is 0 Å². The molecule has 2 rings (SSSR count). The van der Waals surface area contributed by atoms with E-state index in [2.05, 4.69) is 10.5 Å². The van der Waals surface area contributed by atoms with Gasteiger partial charge in [-0.3, -0.25) is 4.79 Å². The number of hydrogen-bond acceptors (Lipinski definition) is 4. The van der Waals surface area contributed by atoms with Gasteiger partial charge < -0.3 is 15.6 Å². The van der Waals surface area contributed by atoms with Crippen molar-refractivity contribution in [3.8, 4) is 0 Å². The van der Waals surface area contributed by atoms with Crippen LogP contribution in [0.15, 0.2) is 23.4 Å². The summed E-state index contributed by atoms with van der Waals surface area (Å²) in [5, 5.41) is 25.1. The first kappa shape index (κ1) is 16.8. The standard InChI is InChI=1S/C16H21ClN2O3/c17-14-6-5-12(10-19-22)9-13(14)15(20)18-11-16(21)7-3-1-2-4-8-16/h5-6,9-10,21-22H,1-4,7-8,11H2,(H,18,20)/b19-10-. The normalized spacial score (nSPS) is 18.1. The molecule has 0 spiro atoms. The minimum atomic E-state index is -0.831. The van der Waals surface area contributed by atoms with Gasteiger partial charge >= 0.3 is 0 Å². The Labute approximate surface area is 135 Å². The summed E-state index contributed by atoms with van der Waals surface area (Å²) < 4.78 is 0. The molecule has 1 aromatic carbocycles. The van der Waals surface area contributed by atoms with Gasteiger partial charge in [0.15, 0.2) is 0 Å². The molecule has 1 saturated carbocycles. The molecule has 3 N–H and O–H groups in total. The minimum Gasteiger partial charge on any atom is -0.411 e. The molecule has 0 radical (unpaired) electrons.